The van der Waals surface area contributed by atoms with Crippen LogP contribution in [0.15, 0.2) is 29.1 Å². The maximum atomic E-state index is 12.3. The van der Waals surface area contributed by atoms with Crippen LogP contribution in [0, 0.1) is 11.3 Å². The highest BCUT2D eigenvalue weighted by Gasteiger charge is 2.55. The molecule has 2 aromatic rings. The number of para-hydroxylation sites is 1. The standard InChI is InChI=1S/C18H21N3O3/c1-11(15-19-14-7-3-2-6-13(14)16(22)20-15)21-9-12-5-4-8-18(12,10-21)17(23)24/h2-3,6-7,11-12H,4-5,8-10H2,1H3,(H,23,24)(H,19,20,22)/t11?,12-,18+/m0/s1. The van der Waals surface area contributed by atoms with Crippen LogP contribution in [0.25, 0.3) is 10.9 Å². The minimum Gasteiger partial charge on any atom is -0.481 e. The van der Waals surface area contributed by atoms with Gasteiger partial charge in [0.15, 0.2) is 0 Å². The normalized spacial score (nSPS) is 28.1. The fourth-order valence-electron chi connectivity index (χ4n) is 4.45. The van der Waals surface area contributed by atoms with E-state index in [4.69, 9.17) is 0 Å². The first kappa shape index (κ1) is 15.3. The summed E-state index contributed by atoms with van der Waals surface area (Å²) in [6.07, 6.45) is 2.71. The van der Waals surface area contributed by atoms with Crippen LogP contribution in [0.2, 0.25) is 0 Å². The molecule has 24 heavy (non-hydrogen) atoms. The number of benzene rings is 1. The highest BCUT2D eigenvalue weighted by Crippen LogP contribution is 2.50. The van der Waals surface area contributed by atoms with Gasteiger partial charge in [0, 0.05) is 13.1 Å². The molecule has 0 radical (unpaired) electrons. The van der Waals surface area contributed by atoms with Crippen LogP contribution in [-0.2, 0) is 4.79 Å². The predicted octanol–water partition coefficient (Wildman–Crippen LogP) is 2.17. The van der Waals surface area contributed by atoms with Crippen molar-refractivity contribution in [1.29, 1.82) is 0 Å². The van der Waals surface area contributed by atoms with E-state index in [9.17, 15) is 14.7 Å². The lowest BCUT2D eigenvalue weighted by molar-refractivity contribution is -0.149. The zero-order valence-corrected chi connectivity index (χ0v) is 13.7. The Morgan fingerprint density at radius 2 is 2.25 bits per heavy atom. The molecular weight excluding hydrogens is 306 g/mol. The molecule has 1 unspecified atom stereocenters. The van der Waals surface area contributed by atoms with Gasteiger partial charge in [-0.15, -0.1) is 0 Å². The van der Waals surface area contributed by atoms with E-state index >= 15 is 0 Å². The Labute approximate surface area is 139 Å². The van der Waals surface area contributed by atoms with Crippen molar-refractivity contribution in [2.75, 3.05) is 13.1 Å². The highest BCUT2D eigenvalue weighted by molar-refractivity contribution is 5.77. The van der Waals surface area contributed by atoms with Gasteiger partial charge in [-0.25, -0.2) is 4.98 Å². The maximum Gasteiger partial charge on any atom is 0.311 e. The van der Waals surface area contributed by atoms with E-state index in [0.29, 0.717) is 23.3 Å². The molecule has 1 aromatic carbocycles. The molecule has 1 saturated heterocycles. The monoisotopic (exact) mass is 327 g/mol. The van der Waals surface area contributed by atoms with Gasteiger partial charge in [-0.2, -0.15) is 0 Å². The number of carbonyl (C=O) groups is 1. The third kappa shape index (κ3) is 2.17. The van der Waals surface area contributed by atoms with Crippen molar-refractivity contribution in [1.82, 2.24) is 14.9 Å². The third-order valence-electron chi connectivity index (χ3n) is 5.90. The van der Waals surface area contributed by atoms with Crippen LogP contribution in [0.5, 0.6) is 0 Å². The lowest BCUT2D eigenvalue weighted by atomic mass is 9.81. The number of hydrogen-bond acceptors (Lipinski definition) is 4. The van der Waals surface area contributed by atoms with Gasteiger partial charge < -0.3 is 10.1 Å². The van der Waals surface area contributed by atoms with Crippen molar-refractivity contribution in [2.24, 2.45) is 11.3 Å². The molecule has 2 N–H and O–H groups in total. The average Bonchev–Trinajstić information content (AvgIpc) is 3.12. The molecule has 2 fully saturated rings. The predicted molar refractivity (Wildman–Crippen MR) is 89.8 cm³/mol. The van der Waals surface area contributed by atoms with Crippen molar-refractivity contribution in [3.05, 3.63) is 40.4 Å². The van der Waals surface area contributed by atoms with Crippen molar-refractivity contribution >= 4 is 16.9 Å². The number of aromatic amines is 1. The van der Waals surface area contributed by atoms with Crippen molar-refractivity contribution in [2.45, 2.75) is 32.2 Å². The van der Waals surface area contributed by atoms with Crippen molar-refractivity contribution < 1.29 is 9.90 Å². The molecule has 1 saturated carbocycles. The lowest BCUT2D eigenvalue weighted by Crippen LogP contribution is -2.36. The number of H-pyrrole nitrogens is 1. The van der Waals surface area contributed by atoms with Gasteiger partial charge in [0.2, 0.25) is 0 Å². The first-order valence-corrected chi connectivity index (χ1v) is 8.48. The third-order valence-corrected chi connectivity index (χ3v) is 5.90. The topological polar surface area (TPSA) is 86.3 Å². The summed E-state index contributed by atoms with van der Waals surface area (Å²) in [6, 6.07) is 7.17. The molecular formula is C18H21N3O3. The highest BCUT2D eigenvalue weighted by atomic mass is 16.4. The van der Waals surface area contributed by atoms with Crippen LogP contribution < -0.4 is 5.56 Å². The first-order valence-electron chi connectivity index (χ1n) is 8.48. The second kappa shape index (κ2) is 5.41. The molecule has 1 aromatic heterocycles. The number of rotatable bonds is 3. The maximum absolute atomic E-state index is 12.3. The lowest BCUT2D eigenvalue weighted by Gasteiger charge is -2.26. The van der Waals surface area contributed by atoms with Gasteiger partial charge in [0.1, 0.15) is 5.82 Å². The molecule has 1 aliphatic heterocycles. The zero-order valence-electron chi connectivity index (χ0n) is 13.7. The Morgan fingerprint density at radius 1 is 1.46 bits per heavy atom. The second-order valence-corrected chi connectivity index (χ2v) is 7.12. The molecule has 0 spiro atoms. The number of aliphatic carboxylic acids is 1. The van der Waals surface area contributed by atoms with Gasteiger partial charge in [-0.3, -0.25) is 14.5 Å². The molecule has 2 aliphatic rings. The second-order valence-electron chi connectivity index (χ2n) is 7.12. The van der Waals surface area contributed by atoms with Gasteiger partial charge in [0.25, 0.3) is 5.56 Å². The fraction of sp³-hybridized carbons (Fsp3) is 0.500. The van der Waals surface area contributed by atoms with Crippen LogP contribution in [-0.4, -0.2) is 39.0 Å². The van der Waals surface area contributed by atoms with Gasteiger partial charge in [-0.05, 0) is 37.8 Å². The summed E-state index contributed by atoms with van der Waals surface area (Å²) in [4.78, 5) is 33.8. The Balaban J connectivity index is 1.67. The number of hydrogen-bond donors (Lipinski definition) is 2. The number of carboxylic acids is 1. The molecule has 6 heteroatoms. The van der Waals surface area contributed by atoms with Gasteiger partial charge in [0.05, 0.1) is 22.4 Å². The minimum atomic E-state index is -0.681. The Morgan fingerprint density at radius 3 is 3.00 bits per heavy atom. The summed E-state index contributed by atoms with van der Waals surface area (Å²) in [5.74, 6) is 0.128. The molecule has 126 valence electrons. The quantitative estimate of drug-likeness (QED) is 0.902. The molecule has 2 heterocycles. The van der Waals surface area contributed by atoms with Crippen LogP contribution in [0.3, 0.4) is 0 Å². The van der Waals surface area contributed by atoms with Crippen LogP contribution in [0.1, 0.15) is 38.1 Å². The summed E-state index contributed by atoms with van der Waals surface area (Å²) in [5, 5.41) is 10.3. The smallest absolute Gasteiger partial charge is 0.311 e. The SMILES string of the molecule is CC(c1nc2ccccc2c(=O)[nH]1)N1C[C@@H]2CCC[C@@]2(C(=O)O)C1. The summed E-state index contributed by atoms with van der Waals surface area (Å²) in [6.45, 7) is 3.28. The summed E-state index contributed by atoms with van der Waals surface area (Å²) in [5.41, 5.74) is -0.0870. The zero-order chi connectivity index (χ0) is 16.9. The molecule has 4 rings (SSSR count). The van der Waals surface area contributed by atoms with E-state index < -0.39 is 11.4 Å². The average molecular weight is 327 g/mol. The fourth-order valence-corrected chi connectivity index (χ4v) is 4.45. The molecule has 6 nitrogen and oxygen atoms in total. The molecule has 3 atom stereocenters. The van der Waals surface area contributed by atoms with Crippen molar-refractivity contribution in [3.63, 3.8) is 0 Å². The number of likely N-dealkylation sites (tertiary alicyclic amines) is 1. The number of aromatic nitrogens is 2. The minimum absolute atomic E-state index is 0.107. The molecule has 1 aliphatic carbocycles. The summed E-state index contributed by atoms with van der Waals surface area (Å²) < 4.78 is 0. The van der Waals surface area contributed by atoms with Gasteiger partial charge >= 0.3 is 5.97 Å². The van der Waals surface area contributed by atoms with E-state index in [0.717, 1.165) is 25.8 Å². The number of fused-ring (bicyclic) bond motifs is 2. The van der Waals surface area contributed by atoms with E-state index in [1.165, 1.54) is 0 Å². The molecule has 0 bridgehead atoms. The first-order chi connectivity index (χ1) is 11.5. The summed E-state index contributed by atoms with van der Waals surface area (Å²) in [7, 11) is 0. The Hall–Kier alpha value is -2.21. The van der Waals surface area contributed by atoms with Crippen LogP contribution in [0.4, 0.5) is 0 Å². The number of nitrogens with zero attached hydrogens (tertiary/aromatic N) is 2. The largest absolute Gasteiger partial charge is 0.481 e. The van der Waals surface area contributed by atoms with Crippen LogP contribution >= 0.6 is 0 Å². The van der Waals surface area contributed by atoms with E-state index in [-0.39, 0.29) is 17.5 Å². The van der Waals surface area contributed by atoms with E-state index in [1.807, 2.05) is 25.1 Å². The van der Waals surface area contributed by atoms with E-state index in [1.54, 1.807) is 6.07 Å². The van der Waals surface area contributed by atoms with Crippen molar-refractivity contribution in [3.8, 4) is 0 Å². The summed E-state index contributed by atoms with van der Waals surface area (Å²) >= 11 is 0. The number of carboxylic acid groups (broad SMARTS) is 1. The molecule has 0 amide bonds. The Kier molecular flexibility index (Phi) is 3.46. The number of nitrogens with one attached hydrogen (secondary N) is 1. The Bertz CT molecular complexity index is 862. The van der Waals surface area contributed by atoms with Gasteiger partial charge in [-0.1, -0.05) is 18.6 Å². The van der Waals surface area contributed by atoms with E-state index in [2.05, 4.69) is 14.9 Å².